The van der Waals surface area contributed by atoms with Gasteiger partial charge in [-0.25, -0.2) is 0 Å². The lowest BCUT2D eigenvalue weighted by molar-refractivity contribution is 0.241. The van der Waals surface area contributed by atoms with E-state index in [4.69, 9.17) is 14.5 Å². The number of ether oxygens (including phenoxy) is 2. The van der Waals surface area contributed by atoms with E-state index in [1.807, 2.05) is 25.1 Å². The fourth-order valence-electron chi connectivity index (χ4n) is 4.55. The summed E-state index contributed by atoms with van der Waals surface area (Å²) in [4.78, 5) is 16.4. The molecule has 1 saturated carbocycles. The van der Waals surface area contributed by atoms with Crippen LogP contribution in [0.15, 0.2) is 18.2 Å². The summed E-state index contributed by atoms with van der Waals surface area (Å²) in [6, 6.07) is 6.20. The smallest absolute Gasteiger partial charge is 0.232 e. The van der Waals surface area contributed by atoms with E-state index in [9.17, 15) is 0 Å². The van der Waals surface area contributed by atoms with Crippen LogP contribution >= 0.6 is 0 Å². The SMILES string of the molecule is COc1ccc(Nc2nc(C)nc(N3CCCC4CCCCC43)n2)c(OC)c1. The molecule has 2 heterocycles. The Hall–Kier alpha value is -2.57. The molecule has 7 heteroatoms. The van der Waals surface area contributed by atoms with Crippen LogP contribution in [0.5, 0.6) is 11.5 Å². The van der Waals surface area contributed by atoms with Gasteiger partial charge in [-0.05, 0) is 50.7 Å². The first kappa shape index (κ1) is 18.8. The van der Waals surface area contributed by atoms with Crippen LogP contribution < -0.4 is 19.7 Å². The average Bonchev–Trinajstić information content (AvgIpc) is 2.73. The summed E-state index contributed by atoms with van der Waals surface area (Å²) in [5.41, 5.74) is 0.800. The maximum atomic E-state index is 5.48. The van der Waals surface area contributed by atoms with E-state index in [0.717, 1.165) is 35.7 Å². The maximum absolute atomic E-state index is 5.48. The summed E-state index contributed by atoms with van der Waals surface area (Å²) in [5, 5.41) is 3.30. The van der Waals surface area contributed by atoms with Crippen molar-refractivity contribution in [3.63, 3.8) is 0 Å². The van der Waals surface area contributed by atoms with Gasteiger partial charge in [0.05, 0.1) is 19.9 Å². The van der Waals surface area contributed by atoms with Crippen molar-refractivity contribution < 1.29 is 9.47 Å². The molecule has 1 aromatic carbocycles. The zero-order chi connectivity index (χ0) is 19.5. The topological polar surface area (TPSA) is 72.4 Å². The molecule has 0 radical (unpaired) electrons. The molecule has 2 atom stereocenters. The quantitative estimate of drug-likeness (QED) is 0.833. The van der Waals surface area contributed by atoms with E-state index in [-0.39, 0.29) is 0 Å². The molecule has 2 aliphatic rings. The number of nitrogens with zero attached hydrogens (tertiary/aromatic N) is 4. The summed E-state index contributed by atoms with van der Waals surface area (Å²) < 4.78 is 10.8. The van der Waals surface area contributed by atoms with Crippen LogP contribution in [0.25, 0.3) is 0 Å². The van der Waals surface area contributed by atoms with Crippen LogP contribution in [-0.2, 0) is 0 Å². The lowest BCUT2D eigenvalue weighted by atomic mass is 9.78. The zero-order valence-electron chi connectivity index (χ0n) is 16.9. The first-order chi connectivity index (χ1) is 13.7. The van der Waals surface area contributed by atoms with Crippen molar-refractivity contribution in [1.29, 1.82) is 0 Å². The normalized spacial score (nSPS) is 21.8. The molecule has 2 aromatic rings. The number of aryl methyl sites for hydroxylation is 1. The molecule has 1 aliphatic carbocycles. The minimum absolute atomic E-state index is 0.545. The highest BCUT2D eigenvalue weighted by molar-refractivity contribution is 5.64. The Morgan fingerprint density at radius 2 is 1.82 bits per heavy atom. The van der Waals surface area contributed by atoms with Crippen molar-refractivity contribution in [3.8, 4) is 11.5 Å². The van der Waals surface area contributed by atoms with Gasteiger partial charge < -0.3 is 19.7 Å². The molecule has 1 aliphatic heterocycles. The van der Waals surface area contributed by atoms with Gasteiger partial charge in [0.15, 0.2) is 0 Å². The molecular weight excluding hydrogens is 354 g/mol. The van der Waals surface area contributed by atoms with Crippen LogP contribution in [0.1, 0.15) is 44.3 Å². The molecule has 2 fully saturated rings. The van der Waals surface area contributed by atoms with Crippen molar-refractivity contribution in [3.05, 3.63) is 24.0 Å². The standard InChI is InChI=1S/C21H29N5O2/c1-14-22-20(24-17-11-10-16(27-2)13-19(17)28-3)25-21(23-14)26-12-6-8-15-7-4-5-9-18(15)26/h10-11,13,15,18H,4-9,12H2,1-3H3,(H,22,23,24,25). The molecule has 0 bridgehead atoms. The van der Waals surface area contributed by atoms with Gasteiger partial charge >= 0.3 is 0 Å². The highest BCUT2D eigenvalue weighted by Gasteiger charge is 2.34. The minimum Gasteiger partial charge on any atom is -0.497 e. The van der Waals surface area contributed by atoms with Crippen LogP contribution in [0.2, 0.25) is 0 Å². The van der Waals surface area contributed by atoms with Crippen LogP contribution in [0.4, 0.5) is 17.6 Å². The molecule has 1 saturated heterocycles. The van der Waals surface area contributed by atoms with Gasteiger partial charge in [-0.2, -0.15) is 15.0 Å². The number of hydrogen-bond acceptors (Lipinski definition) is 7. The lowest BCUT2D eigenvalue weighted by Crippen LogP contribution is -2.47. The molecule has 0 spiro atoms. The van der Waals surface area contributed by atoms with Crippen LogP contribution in [0.3, 0.4) is 0 Å². The van der Waals surface area contributed by atoms with Crippen molar-refractivity contribution in [1.82, 2.24) is 15.0 Å². The van der Waals surface area contributed by atoms with Gasteiger partial charge in [0.1, 0.15) is 17.3 Å². The second kappa shape index (κ2) is 8.20. The lowest BCUT2D eigenvalue weighted by Gasteiger charge is -2.44. The third-order valence-corrected chi connectivity index (χ3v) is 5.89. The summed E-state index contributed by atoms with van der Waals surface area (Å²) >= 11 is 0. The summed E-state index contributed by atoms with van der Waals surface area (Å²) in [6.07, 6.45) is 7.77. The van der Waals surface area contributed by atoms with Crippen LogP contribution in [-0.4, -0.2) is 41.8 Å². The predicted molar refractivity (Wildman–Crippen MR) is 110 cm³/mol. The first-order valence-electron chi connectivity index (χ1n) is 10.2. The molecular formula is C21H29N5O2. The van der Waals surface area contributed by atoms with Gasteiger partial charge in [-0.1, -0.05) is 12.8 Å². The van der Waals surface area contributed by atoms with E-state index in [1.165, 1.54) is 38.5 Å². The van der Waals surface area contributed by atoms with E-state index in [0.29, 0.717) is 17.7 Å². The van der Waals surface area contributed by atoms with Crippen molar-refractivity contribution >= 4 is 17.6 Å². The van der Waals surface area contributed by atoms with Crippen molar-refractivity contribution in [2.45, 2.75) is 51.5 Å². The first-order valence-corrected chi connectivity index (χ1v) is 10.2. The van der Waals surface area contributed by atoms with Gasteiger partial charge in [-0.15, -0.1) is 0 Å². The highest BCUT2D eigenvalue weighted by atomic mass is 16.5. The predicted octanol–water partition coefficient (Wildman–Crippen LogP) is 4.10. The molecule has 4 rings (SSSR count). The number of aromatic nitrogens is 3. The molecule has 0 amide bonds. The van der Waals surface area contributed by atoms with Crippen molar-refractivity contribution in [2.24, 2.45) is 5.92 Å². The van der Waals surface area contributed by atoms with E-state index >= 15 is 0 Å². The van der Waals surface area contributed by atoms with Crippen LogP contribution in [0, 0.1) is 12.8 Å². The fraction of sp³-hybridized carbons (Fsp3) is 0.571. The average molecular weight is 383 g/mol. The summed E-state index contributed by atoms with van der Waals surface area (Å²) in [5.74, 6) is 4.26. The number of methoxy groups -OCH3 is 2. The van der Waals surface area contributed by atoms with Crippen molar-refractivity contribution in [2.75, 3.05) is 31.0 Å². The Bertz CT molecular complexity index is 826. The number of nitrogens with one attached hydrogen (secondary N) is 1. The molecule has 7 nitrogen and oxygen atoms in total. The Balaban J connectivity index is 1.61. The van der Waals surface area contributed by atoms with E-state index in [1.54, 1.807) is 14.2 Å². The van der Waals surface area contributed by atoms with Gasteiger partial charge in [0, 0.05) is 18.7 Å². The number of hydrogen-bond donors (Lipinski definition) is 1. The van der Waals surface area contributed by atoms with Gasteiger partial charge in [0.2, 0.25) is 11.9 Å². The number of benzene rings is 1. The van der Waals surface area contributed by atoms with E-state index < -0.39 is 0 Å². The second-order valence-electron chi connectivity index (χ2n) is 7.64. The Morgan fingerprint density at radius 1 is 1.00 bits per heavy atom. The number of fused-ring (bicyclic) bond motifs is 1. The Kier molecular flexibility index (Phi) is 5.50. The third kappa shape index (κ3) is 3.84. The van der Waals surface area contributed by atoms with E-state index in [2.05, 4.69) is 20.2 Å². The molecule has 1 N–H and O–H groups in total. The molecule has 2 unspecified atom stereocenters. The third-order valence-electron chi connectivity index (χ3n) is 5.89. The number of piperidine rings is 1. The van der Waals surface area contributed by atoms with Gasteiger partial charge in [0.25, 0.3) is 0 Å². The Morgan fingerprint density at radius 3 is 2.64 bits per heavy atom. The molecule has 28 heavy (non-hydrogen) atoms. The number of anilines is 3. The monoisotopic (exact) mass is 383 g/mol. The maximum Gasteiger partial charge on any atom is 0.232 e. The number of rotatable bonds is 5. The highest BCUT2D eigenvalue weighted by Crippen LogP contribution is 2.37. The summed E-state index contributed by atoms with van der Waals surface area (Å²) in [7, 11) is 3.28. The second-order valence-corrected chi connectivity index (χ2v) is 7.64. The Labute approximate surface area is 166 Å². The zero-order valence-corrected chi connectivity index (χ0v) is 16.9. The largest absolute Gasteiger partial charge is 0.497 e. The molecule has 150 valence electrons. The summed E-state index contributed by atoms with van der Waals surface area (Å²) in [6.45, 7) is 2.94. The fourth-order valence-corrected chi connectivity index (χ4v) is 4.55. The molecule has 1 aromatic heterocycles. The van der Waals surface area contributed by atoms with Gasteiger partial charge in [-0.3, -0.25) is 0 Å². The minimum atomic E-state index is 0.545.